The highest BCUT2D eigenvalue weighted by atomic mass is 35.5. The zero-order valence-corrected chi connectivity index (χ0v) is 17.7. The van der Waals surface area contributed by atoms with E-state index in [0.29, 0.717) is 18.7 Å². The van der Waals surface area contributed by atoms with Crippen LogP contribution in [0.3, 0.4) is 0 Å². The molecule has 1 N–H and O–H groups in total. The molecular formula is C20H28Cl2N2O4. The minimum absolute atomic E-state index is 0. The molecule has 28 heavy (non-hydrogen) atoms. The Morgan fingerprint density at radius 1 is 1.11 bits per heavy atom. The highest BCUT2D eigenvalue weighted by molar-refractivity contribution is 5.89. The molecule has 0 aliphatic carbocycles. The molecule has 2 heterocycles. The van der Waals surface area contributed by atoms with Crippen LogP contribution in [-0.4, -0.2) is 56.9 Å². The molecule has 0 saturated carbocycles. The highest BCUT2D eigenvalue weighted by Crippen LogP contribution is 2.22. The Kier molecular flexibility index (Phi) is 11.2. The maximum Gasteiger partial charge on any atom is 0.338 e. The number of esters is 1. The van der Waals surface area contributed by atoms with E-state index in [9.17, 15) is 4.79 Å². The number of morpholine rings is 1. The Morgan fingerprint density at radius 3 is 2.50 bits per heavy atom. The van der Waals surface area contributed by atoms with Crippen LogP contribution in [0.15, 0.2) is 40.8 Å². The molecule has 0 atom stereocenters. The zero-order valence-electron chi connectivity index (χ0n) is 16.0. The molecule has 0 amide bonds. The standard InChI is InChI=1S/C20H26N2O4.2ClH/c1-2-25-20(23)17-5-3-16(4-6-17)19-8-7-18(26-19)15-21-9-10-22-11-13-24-14-12-22;;/h3-8,21H,2,9-15H2,1H3;2*1H. The van der Waals surface area contributed by atoms with Gasteiger partial charge < -0.3 is 19.2 Å². The van der Waals surface area contributed by atoms with Crippen molar-refractivity contribution >= 4 is 30.8 Å². The molecule has 156 valence electrons. The summed E-state index contributed by atoms with van der Waals surface area (Å²) in [5.74, 6) is 1.39. The van der Waals surface area contributed by atoms with Crippen LogP contribution in [0, 0.1) is 0 Å². The molecule has 0 unspecified atom stereocenters. The van der Waals surface area contributed by atoms with E-state index in [4.69, 9.17) is 13.9 Å². The fourth-order valence-corrected chi connectivity index (χ4v) is 2.89. The van der Waals surface area contributed by atoms with Crippen LogP contribution in [0.4, 0.5) is 0 Å². The van der Waals surface area contributed by atoms with Crippen molar-refractivity contribution in [2.75, 3.05) is 46.0 Å². The van der Waals surface area contributed by atoms with E-state index >= 15 is 0 Å². The smallest absolute Gasteiger partial charge is 0.338 e. The summed E-state index contributed by atoms with van der Waals surface area (Å²) in [4.78, 5) is 14.1. The van der Waals surface area contributed by atoms with Crippen molar-refractivity contribution in [3.8, 4) is 11.3 Å². The van der Waals surface area contributed by atoms with Gasteiger partial charge in [0.05, 0.1) is 31.9 Å². The Morgan fingerprint density at radius 2 is 1.82 bits per heavy atom. The molecule has 1 fully saturated rings. The van der Waals surface area contributed by atoms with E-state index in [1.807, 2.05) is 24.3 Å². The van der Waals surface area contributed by atoms with Crippen molar-refractivity contribution in [3.05, 3.63) is 47.7 Å². The first-order chi connectivity index (χ1) is 12.8. The molecular weight excluding hydrogens is 403 g/mol. The highest BCUT2D eigenvalue weighted by Gasteiger charge is 2.10. The van der Waals surface area contributed by atoms with Crippen molar-refractivity contribution < 1.29 is 18.7 Å². The van der Waals surface area contributed by atoms with E-state index in [1.165, 1.54) is 0 Å². The van der Waals surface area contributed by atoms with Crippen molar-refractivity contribution in [2.45, 2.75) is 13.5 Å². The predicted octanol–water partition coefficient (Wildman–Crippen LogP) is 3.39. The van der Waals surface area contributed by atoms with Crippen LogP contribution >= 0.6 is 24.8 Å². The van der Waals surface area contributed by atoms with Crippen molar-refractivity contribution in [1.29, 1.82) is 0 Å². The molecule has 1 aliphatic rings. The van der Waals surface area contributed by atoms with Crippen LogP contribution in [0.2, 0.25) is 0 Å². The summed E-state index contributed by atoms with van der Waals surface area (Å²) < 4.78 is 16.2. The number of hydrogen-bond acceptors (Lipinski definition) is 6. The van der Waals surface area contributed by atoms with E-state index in [1.54, 1.807) is 19.1 Å². The summed E-state index contributed by atoms with van der Waals surface area (Å²) in [5.41, 5.74) is 1.49. The van der Waals surface area contributed by atoms with Crippen molar-refractivity contribution in [3.63, 3.8) is 0 Å². The lowest BCUT2D eigenvalue weighted by atomic mass is 10.1. The largest absolute Gasteiger partial charge is 0.462 e. The van der Waals surface area contributed by atoms with Gasteiger partial charge in [-0.2, -0.15) is 0 Å². The van der Waals surface area contributed by atoms with E-state index < -0.39 is 0 Å². The summed E-state index contributed by atoms with van der Waals surface area (Å²) in [5, 5.41) is 3.41. The molecule has 6 nitrogen and oxygen atoms in total. The van der Waals surface area contributed by atoms with E-state index in [2.05, 4.69) is 10.2 Å². The van der Waals surface area contributed by atoms with Gasteiger partial charge in [-0.3, -0.25) is 4.90 Å². The third-order valence-electron chi connectivity index (χ3n) is 4.35. The minimum Gasteiger partial charge on any atom is -0.462 e. The molecule has 0 spiro atoms. The van der Waals surface area contributed by atoms with Crippen LogP contribution in [0.25, 0.3) is 11.3 Å². The fourth-order valence-electron chi connectivity index (χ4n) is 2.89. The molecule has 1 saturated heterocycles. The van der Waals surface area contributed by atoms with Gasteiger partial charge in [-0.05, 0) is 31.2 Å². The number of furan rings is 1. The van der Waals surface area contributed by atoms with E-state index in [0.717, 1.165) is 56.5 Å². The zero-order chi connectivity index (χ0) is 18.2. The first-order valence-corrected chi connectivity index (χ1v) is 9.13. The molecule has 0 radical (unpaired) electrons. The Labute approximate surface area is 178 Å². The summed E-state index contributed by atoms with van der Waals surface area (Å²) in [6, 6.07) is 11.2. The first kappa shape index (κ1) is 24.5. The van der Waals surface area contributed by atoms with Gasteiger partial charge in [-0.25, -0.2) is 4.79 Å². The lowest BCUT2D eigenvalue weighted by molar-refractivity contribution is 0.0383. The van der Waals surface area contributed by atoms with Gasteiger partial charge >= 0.3 is 5.97 Å². The quantitative estimate of drug-likeness (QED) is 0.511. The van der Waals surface area contributed by atoms with Gasteiger partial charge in [0.2, 0.25) is 0 Å². The molecule has 8 heteroatoms. The minimum atomic E-state index is -0.302. The monoisotopic (exact) mass is 430 g/mol. The first-order valence-electron chi connectivity index (χ1n) is 9.13. The van der Waals surface area contributed by atoms with Crippen molar-refractivity contribution in [1.82, 2.24) is 10.2 Å². The number of carbonyl (C=O) groups is 1. The summed E-state index contributed by atoms with van der Waals surface area (Å²) in [7, 11) is 0. The number of nitrogens with zero attached hydrogens (tertiary/aromatic N) is 1. The number of hydrogen-bond donors (Lipinski definition) is 1. The topological polar surface area (TPSA) is 63.9 Å². The number of ether oxygens (including phenoxy) is 2. The second kappa shape index (κ2) is 12.8. The van der Waals surface area contributed by atoms with Crippen molar-refractivity contribution in [2.24, 2.45) is 0 Å². The second-order valence-electron chi connectivity index (χ2n) is 6.19. The maximum absolute atomic E-state index is 11.7. The summed E-state index contributed by atoms with van der Waals surface area (Å²) in [6.45, 7) is 8.49. The fraction of sp³-hybridized carbons (Fsp3) is 0.450. The van der Waals surface area contributed by atoms with Gasteiger partial charge in [0.1, 0.15) is 11.5 Å². The maximum atomic E-state index is 11.7. The molecule has 1 aromatic carbocycles. The Hall–Kier alpha value is -1.57. The number of nitrogens with one attached hydrogen (secondary N) is 1. The number of rotatable bonds is 8. The normalized spacial score (nSPS) is 14.0. The third-order valence-corrected chi connectivity index (χ3v) is 4.35. The van der Waals surface area contributed by atoms with Crippen LogP contribution in [-0.2, 0) is 16.0 Å². The van der Waals surface area contributed by atoms with Gasteiger partial charge in [0, 0.05) is 31.7 Å². The van der Waals surface area contributed by atoms with Gasteiger partial charge in [0.15, 0.2) is 0 Å². The third kappa shape index (κ3) is 7.11. The molecule has 3 rings (SSSR count). The SMILES string of the molecule is CCOC(=O)c1ccc(-c2ccc(CNCCN3CCOCC3)o2)cc1.Cl.Cl. The van der Waals surface area contributed by atoms with Crippen LogP contribution in [0.1, 0.15) is 23.0 Å². The molecule has 0 bridgehead atoms. The summed E-state index contributed by atoms with van der Waals surface area (Å²) >= 11 is 0. The number of halogens is 2. The number of benzene rings is 1. The van der Waals surface area contributed by atoms with E-state index in [-0.39, 0.29) is 30.8 Å². The van der Waals surface area contributed by atoms with Gasteiger partial charge in [-0.1, -0.05) is 12.1 Å². The number of carbonyl (C=O) groups excluding carboxylic acids is 1. The Balaban J connectivity index is 0.00000196. The Bertz CT molecular complexity index is 700. The van der Waals surface area contributed by atoms with Crippen LogP contribution in [0.5, 0.6) is 0 Å². The van der Waals surface area contributed by atoms with Gasteiger partial charge in [-0.15, -0.1) is 24.8 Å². The lowest BCUT2D eigenvalue weighted by Crippen LogP contribution is -2.40. The molecule has 2 aromatic rings. The predicted molar refractivity (Wildman–Crippen MR) is 114 cm³/mol. The average molecular weight is 431 g/mol. The lowest BCUT2D eigenvalue weighted by Gasteiger charge is -2.26. The second-order valence-corrected chi connectivity index (χ2v) is 6.19. The summed E-state index contributed by atoms with van der Waals surface area (Å²) in [6.07, 6.45) is 0. The van der Waals surface area contributed by atoms with Crippen LogP contribution < -0.4 is 5.32 Å². The average Bonchev–Trinajstić information content (AvgIpc) is 3.15. The van der Waals surface area contributed by atoms with Gasteiger partial charge in [0.25, 0.3) is 0 Å². The molecule has 1 aliphatic heterocycles. The molecule has 1 aromatic heterocycles.